The van der Waals surface area contributed by atoms with Gasteiger partial charge in [-0.1, -0.05) is 37.3 Å². The number of nitrogens with one attached hydrogen (secondary N) is 1. The maximum atomic E-state index is 11.8. The van der Waals surface area contributed by atoms with E-state index in [2.05, 4.69) is 41.4 Å². The maximum absolute atomic E-state index is 11.8. The van der Waals surface area contributed by atoms with Gasteiger partial charge < -0.3 is 5.32 Å². The number of carbonyl (C=O) groups excluding carboxylic acids is 1. The molecule has 1 unspecified atom stereocenters. The van der Waals surface area contributed by atoms with Crippen LogP contribution < -0.4 is 5.32 Å². The van der Waals surface area contributed by atoms with Crippen molar-refractivity contribution in [2.75, 3.05) is 19.6 Å². The van der Waals surface area contributed by atoms with Crippen molar-refractivity contribution in [1.29, 1.82) is 0 Å². The summed E-state index contributed by atoms with van der Waals surface area (Å²) >= 11 is 0. The van der Waals surface area contributed by atoms with Gasteiger partial charge in [-0.25, -0.2) is 0 Å². The number of benzene rings is 1. The lowest BCUT2D eigenvalue weighted by Gasteiger charge is -2.24. The van der Waals surface area contributed by atoms with Gasteiger partial charge in [0.1, 0.15) is 0 Å². The van der Waals surface area contributed by atoms with E-state index in [0.29, 0.717) is 12.6 Å². The van der Waals surface area contributed by atoms with Gasteiger partial charge in [0.15, 0.2) is 0 Å². The van der Waals surface area contributed by atoms with Crippen molar-refractivity contribution in [3.05, 3.63) is 35.9 Å². The van der Waals surface area contributed by atoms with E-state index in [1.54, 1.807) is 0 Å². The van der Waals surface area contributed by atoms with Crippen molar-refractivity contribution >= 4 is 5.91 Å². The molecule has 1 aliphatic rings. The second-order valence-electron chi connectivity index (χ2n) is 4.89. The first-order valence-electron chi connectivity index (χ1n) is 6.87. The monoisotopic (exact) mass is 246 g/mol. The number of hydrogen-bond acceptors (Lipinski definition) is 2. The van der Waals surface area contributed by atoms with E-state index in [1.807, 2.05) is 6.07 Å². The van der Waals surface area contributed by atoms with E-state index in [9.17, 15) is 4.79 Å². The predicted octanol–water partition coefficient (Wildman–Crippen LogP) is 2.35. The average Bonchev–Trinajstić information content (AvgIpc) is 2.85. The molecule has 18 heavy (non-hydrogen) atoms. The zero-order valence-electron chi connectivity index (χ0n) is 11.1. The molecule has 0 bridgehead atoms. The molecule has 0 radical (unpaired) electrons. The average molecular weight is 246 g/mol. The molecule has 1 aliphatic heterocycles. The first-order valence-corrected chi connectivity index (χ1v) is 6.87. The Morgan fingerprint density at radius 2 is 2.17 bits per heavy atom. The molecule has 2 rings (SSSR count). The molecule has 0 aromatic heterocycles. The molecule has 1 N–H and O–H groups in total. The third kappa shape index (κ3) is 3.33. The van der Waals surface area contributed by atoms with Gasteiger partial charge in [-0.2, -0.15) is 0 Å². The molecular weight excluding hydrogens is 224 g/mol. The first-order chi connectivity index (χ1) is 8.81. The predicted molar refractivity (Wildman–Crippen MR) is 73.3 cm³/mol. The fourth-order valence-corrected chi connectivity index (χ4v) is 2.57. The van der Waals surface area contributed by atoms with Crippen molar-refractivity contribution in [3.63, 3.8) is 0 Å². The van der Waals surface area contributed by atoms with Gasteiger partial charge in [-0.3, -0.25) is 9.69 Å². The third-order valence-corrected chi connectivity index (χ3v) is 3.47. The Bertz CT molecular complexity index is 377. The lowest BCUT2D eigenvalue weighted by atomic mass is 10.0. The molecule has 1 saturated heterocycles. The van der Waals surface area contributed by atoms with Gasteiger partial charge in [0.25, 0.3) is 0 Å². The summed E-state index contributed by atoms with van der Waals surface area (Å²) < 4.78 is 0. The van der Waals surface area contributed by atoms with Gasteiger partial charge in [0, 0.05) is 12.6 Å². The van der Waals surface area contributed by atoms with Crippen molar-refractivity contribution in [2.24, 2.45) is 0 Å². The number of hydrogen-bond donors (Lipinski definition) is 1. The van der Waals surface area contributed by atoms with E-state index in [-0.39, 0.29) is 5.91 Å². The molecule has 3 heteroatoms. The molecule has 1 aromatic rings. The maximum Gasteiger partial charge on any atom is 0.234 e. The van der Waals surface area contributed by atoms with E-state index >= 15 is 0 Å². The van der Waals surface area contributed by atoms with Crippen LogP contribution in [0.4, 0.5) is 0 Å². The lowest BCUT2D eigenvalue weighted by Crippen LogP contribution is -2.37. The molecule has 1 aromatic carbocycles. The number of amides is 1. The van der Waals surface area contributed by atoms with Crippen molar-refractivity contribution < 1.29 is 4.79 Å². The van der Waals surface area contributed by atoms with Crippen LogP contribution in [0, 0.1) is 0 Å². The summed E-state index contributed by atoms with van der Waals surface area (Å²) in [4.78, 5) is 14.1. The summed E-state index contributed by atoms with van der Waals surface area (Å²) in [6, 6.07) is 10.9. The quantitative estimate of drug-likeness (QED) is 0.865. The molecule has 0 spiro atoms. The summed E-state index contributed by atoms with van der Waals surface area (Å²) in [6.45, 7) is 4.41. The Morgan fingerprint density at radius 1 is 1.39 bits per heavy atom. The number of likely N-dealkylation sites (tertiary alicyclic amines) is 1. The molecular formula is C15H22N2O. The molecule has 3 nitrogen and oxygen atoms in total. The highest BCUT2D eigenvalue weighted by Crippen LogP contribution is 2.31. The highest BCUT2D eigenvalue weighted by Gasteiger charge is 2.26. The minimum absolute atomic E-state index is 0.152. The molecule has 0 saturated carbocycles. The van der Waals surface area contributed by atoms with Crippen molar-refractivity contribution in [3.8, 4) is 0 Å². The molecule has 1 fully saturated rings. The largest absolute Gasteiger partial charge is 0.355 e. The van der Waals surface area contributed by atoms with Crippen LogP contribution >= 0.6 is 0 Å². The Hall–Kier alpha value is -1.35. The fraction of sp³-hybridized carbons (Fsp3) is 0.533. The topological polar surface area (TPSA) is 32.3 Å². The second-order valence-corrected chi connectivity index (χ2v) is 4.89. The molecule has 98 valence electrons. The standard InChI is InChI=1S/C15H22N2O/c1-2-10-16-15(18)12-17-11-6-9-14(17)13-7-4-3-5-8-13/h3-5,7-8,14H,2,6,9-12H2,1H3,(H,16,18). The van der Waals surface area contributed by atoms with E-state index in [4.69, 9.17) is 0 Å². The van der Waals surface area contributed by atoms with Crippen LogP contribution in [0.3, 0.4) is 0 Å². The fourth-order valence-electron chi connectivity index (χ4n) is 2.57. The molecule has 1 amide bonds. The van der Waals surface area contributed by atoms with E-state index in [1.165, 1.54) is 12.0 Å². The van der Waals surface area contributed by atoms with Crippen LogP contribution in [0.1, 0.15) is 37.8 Å². The van der Waals surface area contributed by atoms with Gasteiger partial charge in [-0.15, -0.1) is 0 Å². The SMILES string of the molecule is CCCNC(=O)CN1CCCC1c1ccccc1. The Labute approximate surface area is 109 Å². The minimum Gasteiger partial charge on any atom is -0.355 e. The summed E-state index contributed by atoms with van der Waals surface area (Å²) in [7, 11) is 0. The van der Waals surface area contributed by atoms with E-state index < -0.39 is 0 Å². The summed E-state index contributed by atoms with van der Waals surface area (Å²) in [6.07, 6.45) is 3.33. The smallest absolute Gasteiger partial charge is 0.234 e. The van der Waals surface area contributed by atoms with Crippen LogP contribution in [0.15, 0.2) is 30.3 Å². The lowest BCUT2D eigenvalue weighted by molar-refractivity contribution is -0.122. The Kier molecular flexibility index (Phi) is 4.76. The Balaban J connectivity index is 1.94. The van der Waals surface area contributed by atoms with Gasteiger partial charge >= 0.3 is 0 Å². The first kappa shape index (κ1) is 13.1. The normalized spacial score (nSPS) is 19.9. The van der Waals surface area contributed by atoms with Gasteiger partial charge in [0.05, 0.1) is 6.54 Å². The third-order valence-electron chi connectivity index (χ3n) is 3.47. The van der Waals surface area contributed by atoms with Crippen molar-refractivity contribution in [2.45, 2.75) is 32.2 Å². The van der Waals surface area contributed by atoms with Crippen LogP contribution in [0.25, 0.3) is 0 Å². The zero-order chi connectivity index (χ0) is 12.8. The van der Waals surface area contributed by atoms with Gasteiger partial charge in [-0.05, 0) is 31.4 Å². The summed E-state index contributed by atoms with van der Waals surface area (Å²) in [5.41, 5.74) is 1.33. The minimum atomic E-state index is 0.152. The zero-order valence-corrected chi connectivity index (χ0v) is 11.1. The van der Waals surface area contributed by atoms with E-state index in [0.717, 1.165) is 25.9 Å². The van der Waals surface area contributed by atoms with Crippen LogP contribution in [-0.4, -0.2) is 30.4 Å². The van der Waals surface area contributed by atoms with Gasteiger partial charge in [0.2, 0.25) is 5.91 Å². The highest BCUT2D eigenvalue weighted by atomic mass is 16.2. The Morgan fingerprint density at radius 3 is 2.89 bits per heavy atom. The second kappa shape index (κ2) is 6.55. The molecule has 1 heterocycles. The molecule has 0 aliphatic carbocycles. The number of carbonyl (C=O) groups is 1. The van der Waals surface area contributed by atoms with Crippen LogP contribution in [-0.2, 0) is 4.79 Å². The summed E-state index contributed by atoms with van der Waals surface area (Å²) in [5, 5.41) is 2.95. The molecule has 1 atom stereocenters. The van der Waals surface area contributed by atoms with Crippen molar-refractivity contribution in [1.82, 2.24) is 10.2 Å². The summed E-state index contributed by atoms with van der Waals surface area (Å²) in [5.74, 6) is 0.152. The van der Waals surface area contributed by atoms with Crippen LogP contribution in [0.5, 0.6) is 0 Å². The van der Waals surface area contributed by atoms with Crippen LogP contribution in [0.2, 0.25) is 0 Å². The number of nitrogens with zero attached hydrogens (tertiary/aromatic N) is 1. The number of rotatable bonds is 5. The highest BCUT2D eigenvalue weighted by molar-refractivity contribution is 5.78.